The van der Waals surface area contributed by atoms with Gasteiger partial charge in [0.05, 0.1) is 0 Å². The minimum absolute atomic E-state index is 0.218. The molecular formula is C29H34O2. The summed E-state index contributed by atoms with van der Waals surface area (Å²) >= 11 is 0. The van der Waals surface area contributed by atoms with E-state index in [1.807, 2.05) is 19.1 Å². The number of carboxylic acid groups (broad SMARTS) is 1. The van der Waals surface area contributed by atoms with Crippen LogP contribution >= 0.6 is 0 Å². The summed E-state index contributed by atoms with van der Waals surface area (Å²) in [6.07, 6.45) is 7.15. The molecule has 2 aromatic rings. The molecule has 31 heavy (non-hydrogen) atoms. The number of allylic oxidation sites excluding steroid dienone is 3. The summed E-state index contributed by atoms with van der Waals surface area (Å²) in [6, 6.07) is 15.6. The minimum Gasteiger partial charge on any atom is -0.478 e. The fourth-order valence-electron chi connectivity index (χ4n) is 5.36. The Morgan fingerprint density at radius 2 is 1.39 bits per heavy atom. The summed E-state index contributed by atoms with van der Waals surface area (Å²) in [5.41, 5.74) is 10.8. The SMILES string of the molecule is CC(=CC(=O)O)c1ccc(C2=C(c3ccc4c(c3)C(C)(C)CCC4(C)C)CCC2)cc1. The lowest BCUT2D eigenvalue weighted by Gasteiger charge is -2.42. The molecule has 4 rings (SSSR count). The Kier molecular flexibility index (Phi) is 5.45. The van der Waals surface area contributed by atoms with Crippen molar-refractivity contribution in [3.8, 4) is 0 Å². The van der Waals surface area contributed by atoms with Crippen LogP contribution in [0.3, 0.4) is 0 Å². The second kappa shape index (κ2) is 7.82. The first kappa shape index (κ1) is 21.6. The quantitative estimate of drug-likeness (QED) is 0.522. The van der Waals surface area contributed by atoms with Crippen LogP contribution in [0.5, 0.6) is 0 Å². The van der Waals surface area contributed by atoms with Crippen LogP contribution in [0.4, 0.5) is 0 Å². The fourth-order valence-corrected chi connectivity index (χ4v) is 5.36. The van der Waals surface area contributed by atoms with Crippen molar-refractivity contribution in [1.82, 2.24) is 0 Å². The van der Waals surface area contributed by atoms with Gasteiger partial charge in [-0.3, -0.25) is 0 Å². The highest BCUT2D eigenvalue weighted by molar-refractivity contribution is 5.94. The molecule has 0 heterocycles. The molecule has 2 aromatic carbocycles. The van der Waals surface area contributed by atoms with Crippen molar-refractivity contribution in [2.45, 2.75) is 77.6 Å². The van der Waals surface area contributed by atoms with Gasteiger partial charge < -0.3 is 5.11 Å². The number of benzene rings is 2. The van der Waals surface area contributed by atoms with Crippen LogP contribution in [0.15, 0.2) is 48.5 Å². The molecule has 2 heteroatoms. The highest BCUT2D eigenvalue weighted by Gasteiger charge is 2.37. The third kappa shape index (κ3) is 4.13. The minimum atomic E-state index is -0.902. The van der Waals surface area contributed by atoms with E-state index in [1.54, 1.807) is 0 Å². The van der Waals surface area contributed by atoms with E-state index in [0.29, 0.717) is 0 Å². The molecule has 0 fully saturated rings. The number of carboxylic acids is 1. The molecule has 0 amide bonds. The van der Waals surface area contributed by atoms with Gasteiger partial charge in [0.15, 0.2) is 0 Å². The van der Waals surface area contributed by atoms with Crippen molar-refractivity contribution >= 4 is 22.7 Å². The summed E-state index contributed by atoms with van der Waals surface area (Å²) in [5.74, 6) is -0.902. The zero-order valence-corrected chi connectivity index (χ0v) is 19.5. The van der Waals surface area contributed by atoms with E-state index < -0.39 is 5.97 Å². The van der Waals surface area contributed by atoms with E-state index >= 15 is 0 Å². The molecule has 0 aliphatic heterocycles. The van der Waals surface area contributed by atoms with E-state index in [-0.39, 0.29) is 10.8 Å². The molecule has 0 saturated heterocycles. The van der Waals surface area contributed by atoms with Crippen LogP contribution < -0.4 is 0 Å². The maximum atomic E-state index is 11.0. The van der Waals surface area contributed by atoms with E-state index in [9.17, 15) is 4.79 Å². The molecule has 2 aliphatic rings. The van der Waals surface area contributed by atoms with Crippen molar-refractivity contribution < 1.29 is 9.90 Å². The third-order valence-corrected chi connectivity index (χ3v) is 7.45. The van der Waals surface area contributed by atoms with Crippen LogP contribution in [0.25, 0.3) is 16.7 Å². The molecule has 0 radical (unpaired) electrons. The van der Waals surface area contributed by atoms with Crippen LogP contribution in [0.1, 0.15) is 94.5 Å². The largest absolute Gasteiger partial charge is 0.478 e. The van der Waals surface area contributed by atoms with E-state index in [2.05, 4.69) is 58.0 Å². The molecule has 2 aliphatic carbocycles. The lowest BCUT2D eigenvalue weighted by atomic mass is 9.63. The van der Waals surface area contributed by atoms with Gasteiger partial charge in [-0.15, -0.1) is 0 Å². The van der Waals surface area contributed by atoms with Crippen LogP contribution in [0, 0.1) is 0 Å². The zero-order chi connectivity index (χ0) is 22.4. The van der Waals surface area contributed by atoms with Gasteiger partial charge in [-0.1, -0.05) is 70.2 Å². The number of carbonyl (C=O) groups is 1. The van der Waals surface area contributed by atoms with Crippen molar-refractivity contribution in [2.24, 2.45) is 0 Å². The van der Waals surface area contributed by atoms with Gasteiger partial charge in [-0.25, -0.2) is 4.79 Å². The number of hydrogen-bond acceptors (Lipinski definition) is 1. The Labute approximate surface area is 186 Å². The van der Waals surface area contributed by atoms with Crippen LogP contribution in [-0.4, -0.2) is 11.1 Å². The van der Waals surface area contributed by atoms with Crippen LogP contribution in [-0.2, 0) is 15.6 Å². The van der Waals surface area contributed by atoms with Crippen molar-refractivity contribution in [1.29, 1.82) is 0 Å². The first-order valence-corrected chi connectivity index (χ1v) is 11.5. The predicted molar refractivity (Wildman–Crippen MR) is 130 cm³/mol. The lowest BCUT2D eigenvalue weighted by molar-refractivity contribution is -0.131. The number of fused-ring (bicyclic) bond motifs is 1. The molecule has 0 bridgehead atoms. The standard InChI is InChI=1S/C29H34O2/c1-19(17-27(30)31)20-9-11-21(12-10-20)23-7-6-8-24(23)22-13-14-25-26(18-22)29(4,5)16-15-28(25,2)3/h9-14,17-18H,6-8,15-16H2,1-5H3,(H,30,31). The molecule has 0 spiro atoms. The molecular weight excluding hydrogens is 380 g/mol. The van der Waals surface area contributed by atoms with E-state index in [4.69, 9.17) is 5.11 Å². The predicted octanol–water partition coefficient (Wildman–Crippen LogP) is 7.62. The highest BCUT2D eigenvalue weighted by Crippen LogP contribution is 2.48. The number of rotatable bonds is 4. The number of hydrogen-bond donors (Lipinski definition) is 1. The normalized spacial score (nSPS) is 20.0. The molecule has 2 nitrogen and oxygen atoms in total. The average molecular weight is 415 g/mol. The van der Waals surface area contributed by atoms with Gasteiger partial charge in [-0.2, -0.15) is 0 Å². The lowest BCUT2D eigenvalue weighted by Crippen LogP contribution is -2.33. The molecule has 1 N–H and O–H groups in total. The fraction of sp³-hybridized carbons (Fsp3) is 0.414. The maximum absolute atomic E-state index is 11.0. The summed E-state index contributed by atoms with van der Waals surface area (Å²) in [6.45, 7) is 11.4. The summed E-state index contributed by atoms with van der Waals surface area (Å²) < 4.78 is 0. The van der Waals surface area contributed by atoms with Gasteiger partial charge in [0.2, 0.25) is 0 Å². The van der Waals surface area contributed by atoms with Crippen LogP contribution in [0.2, 0.25) is 0 Å². The Hall–Kier alpha value is -2.61. The summed E-state index contributed by atoms with van der Waals surface area (Å²) in [7, 11) is 0. The maximum Gasteiger partial charge on any atom is 0.328 e. The second-order valence-corrected chi connectivity index (χ2v) is 10.6. The Balaban J connectivity index is 1.74. The molecule has 0 atom stereocenters. The second-order valence-electron chi connectivity index (χ2n) is 10.6. The zero-order valence-electron chi connectivity index (χ0n) is 19.5. The van der Waals surface area contributed by atoms with E-state index in [0.717, 1.165) is 24.0 Å². The average Bonchev–Trinajstić information content (AvgIpc) is 3.21. The molecule has 0 aromatic heterocycles. The molecule has 0 unspecified atom stereocenters. The van der Waals surface area contributed by atoms with Crippen molar-refractivity contribution in [3.63, 3.8) is 0 Å². The van der Waals surface area contributed by atoms with E-state index in [1.165, 1.54) is 58.7 Å². The summed E-state index contributed by atoms with van der Waals surface area (Å²) in [4.78, 5) is 11.0. The van der Waals surface area contributed by atoms with Gasteiger partial charge in [-0.05, 0) is 94.4 Å². The molecule has 0 saturated carbocycles. The van der Waals surface area contributed by atoms with Gasteiger partial charge in [0.25, 0.3) is 0 Å². The summed E-state index contributed by atoms with van der Waals surface area (Å²) in [5, 5.41) is 9.00. The Bertz CT molecular complexity index is 1080. The monoisotopic (exact) mass is 414 g/mol. The third-order valence-electron chi connectivity index (χ3n) is 7.45. The van der Waals surface area contributed by atoms with Gasteiger partial charge >= 0.3 is 5.97 Å². The molecule has 162 valence electrons. The Morgan fingerprint density at radius 3 is 2.00 bits per heavy atom. The topological polar surface area (TPSA) is 37.3 Å². The first-order valence-electron chi connectivity index (χ1n) is 11.5. The van der Waals surface area contributed by atoms with Gasteiger partial charge in [0.1, 0.15) is 0 Å². The first-order chi connectivity index (χ1) is 14.6. The van der Waals surface area contributed by atoms with Crippen molar-refractivity contribution in [2.75, 3.05) is 0 Å². The number of aliphatic carboxylic acids is 1. The Morgan fingerprint density at radius 1 is 0.839 bits per heavy atom. The smallest absolute Gasteiger partial charge is 0.328 e. The van der Waals surface area contributed by atoms with Gasteiger partial charge in [0, 0.05) is 6.08 Å². The highest BCUT2D eigenvalue weighted by atomic mass is 16.4. The van der Waals surface area contributed by atoms with Crippen molar-refractivity contribution in [3.05, 3.63) is 76.4 Å².